The molecule has 1 aromatic heterocycles. The highest BCUT2D eigenvalue weighted by molar-refractivity contribution is 7.15. The lowest BCUT2D eigenvalue weighted by molar-refractivity contribution is -0.112. The van der Waals surface area contributed by atoms with Crippen LogP contribution in [-0.2, 0) is 11.2 Å². The number of carbonyl (C=O) groups is 1. The van der Waals surface area contributed by atoms with E-state index in [9.17, 15) is 10.1 Å². The molecule has 34 heavy (non-hydrogen) atoms. The van der Waals surface area contributed by atoms with Crippen LogP contribution in [-0.4, -0.2) is 29.3 Å². The second-order valence-corrected chi connectivity index (χ2v) is 8.88. The fourth-order valence-corrected chi connectivity index (χ4v) is 4.02. The van der Waals surface area contributed by atoms with Gasteiger partial charge in [-0.3, -0.25) is 10.1 Å². The summed E-state index contributed by atoms with van der Waals surface area (Å²) >= 11 is 1.33. The van der Waals surface area contributed by atoms with E-state index in [-0.39, 0.29) is 5.57 Å². The van der Waals surface area contributed by atoms with E-state index < -0.39 is 5.91 Å². The standard InChI is InChI=1S/C26H28N4O3S/c1-4-5-9-24-29-30-26(34-24)28-25(31)21(17-27)15-20-7-6-8-22(16-20)32-10-11-33-23-13-18(2)12-19(3)14-23/h6-8,12-16H,4-5,9-11H2,1-3H3,(H,28,30,31)/b21-15-. The Balaban J connectivity index is 1.56. The molecule has 1 heterocycles. The molecule has 0 aliphatic carbocycles. The monoisotopic (exact) mass is 476 g/mol. The van der Waals surface area contributed by atoms with Gasteiger partial charge in [-0.05, 0) is 67.3 Å². The fraction of sp³-hybridized carbons (Fsp3) is 0.308. The molecule has 3 rings (SSSR count). The van der Waals surface area contributed by atoms with Gasteiger partial charge in [0.25, 0.3) is 5.91 Å². The number of nitrogens with one attached hydrogen (secondary N) is 1. The Morgan fingerprint density at radius 2 is 1.82 bits per heavy atom. The van der Waals surface area contributed by atoms with Gasteiger partial charge in [-0.25, -0.2) is 0 Å². The predicted molar refractivity (Wildman–Crippen MR) is 134 cm³/mol. The van der Waals surface area contributed by atoms with Crippen molar-refractivity contribution in [1.82, 2.24) is 10.2 Å². The van der Waals surface area contributed by atoms with E-state index in [0.29, 0.717) is 29.7 Å². The number of aryl methyl sites for hydroxylation is 3. The summed E-state index contributed by atoms with van der Waals surface area (Å²) in [6, 6.07) is 15.2. The fourth-order valence-electron chi connectivity index (χ4n) is 3.24. The number of hydrogen-bond acceptors (Lipinski definition) is 7. The van der Waals surface area contributed by atoms with Gasteiger partial charge in [0.15, 0.2) is 0 Å². The summed E-state index contributed by atoms with van der Waals surface area (Å²) in [6.07, 6.45) is 4.42. The molecule has 0 fully saturated rings. The molecule has 0 unspecified atom stereocenters. The molecule has 2 aromatic carbocycles. The number of unbranched alkanes of at least 4 members (excludes halogenated alkanes) is 1. The van der Waals surface area contributed by atoms with Crippen molar-refractivity contribution in [3.05, 3.63) is 69.7 Å². The number of aromatic nitrogens is 2. The number of nitrogens with zero attached hydrogens (tertiary/aromatic N) is 3. The van der Waals surface area contributed by atoms with Crippen LogP contribution in [0.25, 0.3) is 6.08 Å². The third-order valence-electron chi connectivity index (χ3n) is 4.78. The number of ether oxygens (including phenoxy) is 2. The average Bonchev–Trinajstić information content (AvgIpc) is 3.25. The SMILES string of the molecule is CCCCc1nnc(NC(=O)/C(C#N)=C\c2cccc(OCCOc3cc(C)cc(C)c3)c2)s1. The lowest BCUT2D eigenvalue weighted by atomic mass is 10.1. The minimum Gasteiger partial charge on any atom is -0.490 e. The van der Waals surface area contributed by atoms with Crippen LogP contribution in [0.15, 0.2) is 48.0 Å². The van der Waals surface area contributed by atoms with Crippen LogP contribution in [0.3, 0.4) is 0 Å². The van der Waals surface area contributed by atoms with E-state index in [1.165, 1.54) is 17.4 Å². The highest BCUT2D eigenvalue weighted by Gasteiger charge is 2.13. The van der Waals surface area contributed by atoms with E-state index in [1.54, 1.807) is 12.1 Å². The molecule has 1 N–H and O–H groups in total. The Kier molecular flexibility index (Phi) is 9.18. The maximum absolute atomic E-state index is 12.5. The van der Waals surface area contributed by atoms with Crippen molar-refractivity contribution in [2.75, 3.05) is 18.5 Å². The zero-order chi connectivity index (χ0) is 24.3. The number of anilines is 1. The molecule has 0 saturated heterocycles. The highest BCUT2D eigenvalue weighted by Crippen LogP contribution is 2.20. The van der Waals surface area contributed by atoms with Crippen molar-refractivity contribution in [3.63, 3.8) is 0 Å². The van der Waals surface area contributed by atoms with Gasteiger partial charge >= 0.3 is 0 Å². The first-order valence-corrected chi connectivity index (χ1v) is 12.0. The predicted octanol–water partition coefficient (Wildman–Crippen LogP) is 5.50. The highest BCUT2D eigenvalue weighted by atomic mass is 32.1. The van der Waals surface area contributed by atoms with Gasteiger partial charge in [-0.15, -0.1) is 10.2 Å². The average molecular weight is 477 g/mol. The largest absolute Gasteiger partial charge is 0.490 e. The van der Waals surface area contributed by atoms with Crippen LogP contribution in [0, 0.1) is 25.2 Å². The summed E-state index contributed by atoms with van der Waals surface area (Å²) in [7, 11) is 0. The second-order valence-electron chi connectivity index (χ2n) is 7.82. The second kappa shape index (κ2) is 12.5. The topological polar surface area (TPSA) is 97.1 Å². The van der Waals surface area contributed by atoms with Gasteiger partial charge in [0.05, 0.1) is 0 Å². The summed E-state index contributed by atoms with van der Waals surface area (Å²) in [5.41, 5.74) is 2.95. The number of hydrogen-bond donors (Lipinski definition) is 1. The molecule has 0 saturated carbocycles. The van der Waals surface area contributed by atoms with Crippen molar-refractivity contribution in [3.8, 4) is 17.6 Å². The Morgan fingerprint density at radius 1 is 1.09 bits per heavy atom. The van der Waals surface area contributed by atoms with E-state index in [2.05, 4.69) is 28.5 Å². The van der Waals surface area contributed by atoms with E-state index in [4.69, 9.17) is 9.47 Å². The zero-order valence-electron chi connectivity index (χ0n) is 19.6. The smallest absolute Gasteiger partial charge is 0.268 e. The number of rotatable bonds is 11. The minimum atomic E-state index is -0.520. The Labute approximate surface area is 204 Å². The Hall–Kier alpha value is -3.70. The van der Waals surface area contributed by atoms with Gasteiger partial charge in [0, 0.05) is 6.42 Å². The molecule has 0 radical (unpaired) electrons. The molecule has 0 aliphatic heterocycles. The maximum atomic E-state index is 12.5. The molecule has 1 amide bonds. The molecule has 3 aromatic rings. The molecule has 0 spiro atoms. The summed E-state index contributed by atoms with van der Waals surface area (Å²) in [4.78, 5) is 12.5. The van der Waals surface area contributed by atoms with Gasteiger partial charge in [0.1, 0.15) is 41.4 Å². The third kappa shape index (κ3) is 7.71. The summed E-state index contributed by atoms with van der Waals surface area (Å²) in [6.45, 7) is 6.93. The molecular weight excluding hydrogens is 448 g/mol. The molecule has 8 heteroatoms. The lowest BCUT2D eigenvalue weighted by Crippen LogP contribution is -2.13. The minimum absolute atomic E-state index is 0.0272. The van der Waals surface area contributed by atoms with E-state index in [0.717, 1.165) is 41.1 Å². The first-order valence-electron chi connectivity index (χ1n) is 11.2. The van der Waals surface area contributed by atoms with Crippen molar-refractivity contribution in [1.29, 1.82) is 5.26 Å². The van der Waals surface area contributed by atoms with Crippen molar-refractivity contribution in [2.45, 2.75) is 40.0 Å². The zero-order valence-corrected chi connectivity index (χ0v) is 20.4. The molecule has 0 aliphatic rings. The van der Waals surface area contributed by atoms with Crippen molar-refractivity contribution in [2.24, 2.45) is 0 Å². The molecule has 7 nitrogen and oxygen atoms in total. The number of nitriles is 1. The first kappa shape index (κ1) is 24.9. The van der Waals surface area contributed by atoms with Crippen LogP contribution >= 0.6 is 11.3 Å². The first-order chi connectivity index (χ1) is 16.5. The van der Waals surface area contributed by atoms with Crippen LogP contribution in [0.2, 0.25) is 0 Å². The third-order valence-corrected chi connectivity index (χ3v) is 5.68. The van der Waals surface area contributed by atoms with E-state index >= 15 is 0 Å². The van der Waals surface area contributed by atoms with Gasteiger partial charge < -0.3 is 9.47 Å². The van der Waals surface area contributed by atoms with Crippen LogP contribution in [0.4, 0.5) is 5.13 Å². The summed E-state index contributed by atoms with van der Waals surface area (Å²) < 4.78 is 11.6. The summed E-state index contributed by atoms with van der Waals surface area (Å²) in [5, 5.41) is 21.5. The maximum Gasteiger partial charge on any atom is 0.268 e. The van der Waals surface area contributed by atoms with Crippen molar-refractivity contribution >= 4 is 28.5 Å². The molecule has 0 atom stereocenters. The summed E-state index contributed by atoms with van der Waals surface area (Å²) in [5.74, 6) is 0.921. The van der Waals surface area contributed by atoms with Crippen molar-refractivity contribution < 1.29 is 14.3 Å². The van der Waals surface area contributed by atoms with Gasteiger partial charge in [-0.2, -0.15) is 5.26 Å². The van der Waals surface area contributed by atoms with Crippen LogP contribution < -0.4 is 14.8 Å². The lowest BCUT2D eigenvalue weighted by Gasteiger charge is -2.10. The quantitative estimate of drug-likeness (QED) is 0.223. The normalized spacial score (nSPS) is 11.1. The van der Waals surface area contributed by atoms with Gasteiger partial charge in [-0.1, -0.05) is 42.9 Å². The number of amides is 1. The number of carbonyl (C=O) groups excluding carboxylic acids is 1. The molecular formula is C26H28N4O3S. The van der Waals surface area contributed by atoms with E-state index in [1.807, 2.05) is 44.2 Å². The molecule has 0 bridgehead atoms. The number of benzene rings is 2. The Morgan fingerprint density at radius 3 is 2.53 bits per heavy atom. The Bertz CT molecular complexity index is 1180. The molecule has 176 valence electrons. The van der Waals surface area contributed by atoms with Crippen LogP contribution in [0.5, 0.6) is 11.5 Å². The van der Waals surface area contributed by atoms with Crippen LogP contribution in [0.1, 0.15) is 41.5 Å². The van der Waals surface area contributed by atoms with Gasteiger partial charge in [0.2, 0.25) is 5.13 Å².